The predicted octanol–water partition coefficient (Wildman–Crippen LogP) is 4.22. The van der Waals surface area contributed by atoms with Crippen molar-refractivity contribution in [1.29, 1.82) is 0 Å². The lowest BCUT2D eigenvalue weighted by atomic mass is 9.99. The smallest absolute Gasteiger partial charge is 0.411 e. The van der Waals surface area contributed by atoms with Crippen molar-refractivity contribution in [3.8, 4) is 5.69 Å². The zero-order valence-corrected chi connectivity index (χ0v) is 31.4. The van der Waals surface area contributed by atoms with Crippen LogP contribution in [0.15, 0.2) is 70.6 Å². The molecular weight excluding hydrogens is 750 g/mol. The van der Waals surface area contributed by atoms with Gasteiger partial charge in [0.2, 0.25) is 0 Å². The van der Waals surface area contributed by atoms with Crippen LogP contribution in [0.1, 0.15) is 40.7 Å². The Morgan fingerprint density at radius 3 is 2.58 bits per heavy atom. The number of piperidine rings is 1. The molecular formula is C40H41F4N7O6. The molecule has 0 spiro atoms. The van der Waals surface area contributed by atoms with Crippen molar-refractivity contribution in [2.24, 2.45) is 7.05 Å². The molecule has 2 atom stereocenters. The number of esters is 1. The molecule has 1 amide bonds. The standard InChI is InChI=1S/C40H41F4N7O6/c1-24-19-26(50-16-17-56-23-33(50)40(42,43)44)21-29(41)34(24)36(52)47-30(38(54)57-18-15-49-13-4-3-5-14-49)20-25-8-9-31(35-27(25)7-6-11-46-35)51-37(53)28-10-12-45-22-32(28)48(2)39(51)55/h6-12,19,21-22,30,33H,3-5,13-18,20,23H2,1-2H3,(H,47,52)/t30-,33+/m0/s1. The highest BCUT2D eigenvalue weighted by Crippen LogP contribution is 2.33. The summed E-state index contributed by atoms with van der Waals surface area (Å²) < 4.78 is 70.4. The minimum atomic E-state index is -4.64. The zero-order chi connectivity index (χ0) is 40.4. The van der Waals surface area contributed by atoms with Crippen molar-refractivity contribution >= 4 is 39.4 Å². The van der Waals surface area contributed by atoms with Gasteiger partial charge in [-0.3, -0.25) is 29.0 Å². The molecule has 300 valence electrons. The number of fused-ring (bicyclic) bond motifs is 2. The number of aromatic nitrogens is 4. The van der Waals surface area contributed by atoms with E-state index in [4.69, 9.17) is 9.47 Å². The van der Waals surface area contributed by atoms with Gasteiger partial charge in [-0.2, -0.15) is 13.2 Å². The van der Waals surface area contributed by atoms with Gasteiger partial charge in [0, 0.05) is 50.0 Å². The normalized spacial score (nSPS) is 17.2. The summed E-state index contributed by atoms with van der Waals surface area (Å²) in [5.41, 5.74) is -0.349. The fourth-order valence-corrected chi connectivity index (χ4v) is 7.65. The monoisotopic (exact) mass is 791 g/mol. The lowest BCUT2D eigenvalue weighted by Crippen LogP contribution is -2.53. The van der Waals surface area contributed by atoms with Crippen molar-refractivity contribution < 1.29 is 36.6 Å². The maximum absolute atomic E-state index is 15.8. The summed E-state index contributed by atoms with van der Waals surface area (Å²) >= 11 is 0. The average molecular weight is 792 g/mol. The Kier molecular flexibility index (Phi) is 11.4. The van der Waals surface area contributed by atoms with E-state index in [0.717, 1.165) is 47.9 Å². The average Bonchev–Trinajstić information content (AvgIpc) is 3.20. The first kappa shape index (κ1) is 39.6. The molecule has 5 heterocycles. The molecule has 0 bridgehead atoms. The first-order chi connectivity index (χ1) is 27.3. The van der Waals surface area contributed by atoms with Crippen LogP contribution in [0.3, 0.4) is 0 Å². The Morgan fingerprint density at radius 1 is 1.04 bits per heavy atom. The van der Waals surface area contributed by atoms with Crippen LogP contribution in [0.2, 0.25) is 0 Å². The van der Waals surface area contributed by atoms with Crippen LogP contribution in [0.25, 0.3) is 27.5 Å². The van der Waals surface area contributed by atoms with Gasteiger partial charge < -0.3 is 19.7 Å². The van der Waals surface area contributed by atoms with E-state index < -0.39 is 59.4 Å². The number of hydrogen-bond acceptors (Lipinski definition) is 10. The molecule has 13 nitrogen and oxygen atoms in total. The quantitative estimate of drug-likeness (QED) is 0.162. The number of nitrogens with one attached hydrogen (secondary N) is 1. The SMILES string of the molecule is Cc1cc(N2CCOC[C@@H]2C(F)(F)F)cc(F)c1C(=O)N[C@@H](Cc1ccc(-n2c(=O)c3ccncc3n(C)c2=O)c2ncccc12)C(=O)OCCN1CCCCC1. The lowest BCUT2D eigenvalue weighted by molar-refractivity contribution is -0.167. The number of aryl methyl sites for hydroxylation is 2. The number of pyridine rings is 2. The Hall–Kier alpha value is -5.68. The Labute approximate surface area is 323 Å². The molecule has 0 aliphatic carbocycles. The van der Waals surface area contributed by atoms with Gasteiger partial charge in [-0.05, 0) is 74.3 Å². The number of hydrogen-bond donors (Lipinski definition) is 1. The molecule has 2 fully saturated rings. The molecule has 1 N–H and O–H groups in total. The van der Waals surface area contributed by atoms with Gasteiger partial charge in [-0.1, -0.05) is 18.6 Å². The molecule has 2 aromatic carbocycles. The molecule has 0 radical (unpaired) electrons. The summed E-state index contributed by atoms with van der Waals surface area (Å²) in [6, 6.07) is 6.84. The third-order valence-corrected chi connectivity index (χ3v) is 10.6. The number of anilines is 1. The van der Waals surface area contributed by atoms with Gasteiger partial charge in [0.25, 0.3) is 11.5 Å². The number of rotatable bonds is 10. The number of carbonyl (C=O) groups is 2. The summed E-state index contributed by atoms with van der Waals surface area (Å²) in [6.45, 7) is 2.92. The summed E-state index contributed by atoms with van der Waals surface area (Å²) in [5, 5.41) is 3.35. The molecule has 5 aromatic rings. The van der Waals surface area contributed by atoms with Gasteiger partial charge >= 0.3 is 17.8 Å². The van der Waals surface area contributed by atoms with Crippen LogP contribution in [-0.2, 0) is 27.7 Å². The Morgan fingerprint density at radius 2 is 1.82 bits per heavy atom. The van der Waals surface area contributed by atoms with Crippen molar-refractivity contribution in [1.82, 2.24) is 29.3 Å². The van der Waals surface area contributed by atoms with Crippen LogP contribution in [0.5, 0.6) is 0 Å². The number of halogens is 4. The largest absolute Gasteiger partial charge is 0.463 e. The summed E-state index contributed by atoms with van der Waals surface area (Å²) in [5.74, 6) is -2.82. The fraction of sp³-hybridized carbons (Fsp3) is 0.400. The van der Waals surface area contributed by atoms with E-state index in [1.807, 2.05) is 0 Å². The van der Waals surface area contributed by atoms with E-state index in [0.29, 0.717) is 23.0 Å². The van der Waals surface area contributed by atoms with Crippen molar-refractivity contribution in [3.05, 3.63) is 104 Å². The molecule has 2 aliphatic heterocycles. The molecule has 2 aliphatic rings. The molecule has 57 heavy (non-hydrogen) atoms. The van der Waals surface area contributed by atoms with Crippen LogP contribution in [0.4, 0.5) is 23.2 Å². The first-order valence-electron chi connectivity index (χ1n) is 18.7. The van der Waals surface area contributed by atoms with Gasteiger partial charge in [-0.25, -0.2) is 18.5 Å². The van der Waals surface area contributed by atoms with Gasteiger partial charge in [0.1, 0.15) is 24.5 Å². The van der Waals surface area contributed by atoms with Gasteiger partial charge in [0.05, 0.1) is 47.1 Å². The van der Waals surface area contributed by atoms with E-state index in [1.165, 1.54) is 55.3 Å². The minimum Gasteiger partial charge on any atom is -0.463 e. The van der Waals surface area contributed by atoms with E-state index in [1.54, 1.807) is 18.2 Å². The predicted molar refractivity (Wildman–Crippen MR) is 203 cm³/mol. The Balaban J connectivity index is 1.21. The van der Waals surface area contributed by atoms with Crippen LogP contribution in [-0.4, -0.2) is 100 Å². The van der Waals surface area contributed by atoms with Crippen molar-refractivity contribution in [2.45, 2.75) is 50.9 Å². The fourth-order valence-electron chi connectivity index (χ4n) is 7.65. The van der Waals surface area contributed by atoms with Crippen LogP contribution >= 0.6 is 0 Å². The van der Waals surface area contributed by atoms with Crippen molar-refractivity contribution in [2.75, 3.05) is 50.9 Å². The molecule has 3 aromatic heterocycles. The van der Waals surface area contributed by atoms with E-state index >= 15 is 4.39 Å². The van der Waals surface area contributed by atoms with E-state index in [9.17, 15) is 32.3 Å². The highest BCUT2D eigenvalue weighted by Gasteiger charge is 2.45. The summed E-state index contributed by atoms with van der Waals surface area (Å²) in [7, 11) is 1.52. The molecule has 0 saturated carbocycles. The second kappa shape index (κ2) is 16.4. The molecule has 2 saturated heterocycles. The molecule has 17 heteroatoms. The number of amides is 1. The number of ether oxygens (including phenoxy) is 2. The number of nitrogens with zero attached hydrogens (tertiary/aromatic N) is 6. The van der Waals surface area contributed by atoms with E-state index in [-0.39, 0.29) is 54.0 Å². The third kappa shape index (κ3) is 8.12. The molecule has 7 rings (SSSR count). The highest BCUT2D eigenvalue weighted by molar-refractivity contribution is 5.99. The Bertz CT molecular complexity index is 2420. The minimum absolute atomic E-state index is 0.00951. The summed E-state index contributed by atoms with van der Waals surface area (Å²) in [4.78, 5) is 66.6. The van der Waals surface area contributed by atoms with Crippen molar-refractivity contribution in [3.63, 3.8) is 0 Å². The first-order valence-corrected chi connectivity index (χ1v) is 18.7. The number of morpholine rings is 1. The van der Waals surface area contributed by atoms with Crippen LogP contribution in [0, 0.1) is 12.7 Å². The second-order valence-electron chi connectivity index (χ2n) is 14.3. The highest BCUT2D eigenvalue weighted by atomic mass is 19.4. The topological polar surface area (TPSA) is 141 Å². The molecule has 0 unspecified atom stereocenters. The number of carbonyl (C=O) groups excluding carboxylic acids is 2. The third-order valence-electron chi connectivity index (χ3n) is 10.6. The van der Waals surface area contributed by atoms with E-state index in [2.05, 4.69) is 20.2 Å². The van der Waals surface area contributed by atoms with Crippen LogP contribution < -0.4 is 21.5 Å². The number of alkyl halides is 3. The second-order valence-corrected chi connectivity index (χ2v) is 14.3. The number of likely N-dealkylation sites (tertiary alicyclic amines) is 1. The lowest BCUT2D eigenvalue weighted by Gasteiger charge is -2.38. The maximum Gasteiger partial charge on any atom is 0.411 e. The number of benzene rings is 2. The summed E-state index contributed by atoms with van der Waals surface area (Å²) in [6.07, 6.45) is 2.76. The zero-order valence-electron chi connectivity index (χ0n) is 31.4. The maximum atomic E-state index is 15.8. The van der Waals surface area contributed by atoms with Gasteiger partial charge in [-0.15, -0.1) is 0 Å². The van der Waals surface area contributed by atoms with Gasteiger partial charge in [0.15, 0.2) is 0 Å².